The number of aryl methyl sites for hydroxylation is 8. The van der Waals surface area contributed by atoms with Gasteiger partial charge in [0.2, 0.25) is 0 Å². The van der Waals surface area contributed by atoms with Gasteiger partial charge in [-0.15, -0.1) is 0 Å². The first-order valence-electron chi connectivity index (χ1n) is 19.1. The zero-order chi connectivity index (χ0) is 36.8. The Hall–Kier alpha value is -6.26. The largest absolute Gasteiger partial charge is 0.291 e. The van der Waals surface area contributed by atoms with Crippen molar-refractivity contribution >= 4 is 54.6 Å². The van der Waals surface area contributed by atoms with Crippen LogP contribution in [0.2, 0.25) is 0 Å². The predicted octanol–water partition coefficient (Wildman–Crippen LogP) is 12.6. The minimum absolute atomic E-state index is 0.739. The van der Waals surface area contributed by atoms with E-state index in [9.17, 15) is 0 Å². The van der Waals surface area contributed by atoms with Gasteiger partial charge in [0.25, 0.3) is 0 Å². The van der Waals surface area contributed by atoms with Crippen molar-refractivity contribution in [2.45, 2.75) is 54.4 Å². The van der Waals surface area contributed by atoms with Gasteiger partial charge in [-0.2, -0.15) is 0 Å². The zero-order valence-corrected chi connectivity index (χ0v) is 31.8. The molecule has 0 aliphatic heterocycles. The van der Waals surface area contributed by atoms with Gasteiger partial charge in [-0.3, -0.25) is 8.80 Å². The molecule has 4 nitrogen and oxygen atoms in total. The van der Waals surface area contributed by atoms with E-state index in [1.807, 2.05) is 0 Å². The van der Waals surface area contributed by atoms with Crippen molar-refractivity contribution in [3.8, 4) is 22.5 Å². The molecular weight excluding hydrogens is 657 g/mol. The third-order valence-electron chi connectivity index (χ3n) is 11.6. The summed E-state index contributed by atoms with van der Waals surface area (Å²) in [6.07, 6.45) is 1.48. The van der Waals surface area contributed by atoms with Gasteiger partial charge in [0, 0.05) is 32.7 Å². The van der Waals surface area contributed by atoms with Crippen LogP contribution in [0.5, 0.6) is 0 Å². The van der Waals surface area contributed by atoms with Gasteiger partial charge in [-0.05, 0) is 112 Å². The van der Waals surface area contributed by atoms with E-state index < -0.39 is 0 Å². The van der Waals surface area contributed by atoms with E-state index in [2.05, 4.69) is 172 Å². The highest BCUT2D eigenvalue weighted by Crippen LogP contribution is 2.41. The molecule has 0 aliphatic rings. The van der Waals surface area contributed by atoms with Crippen LogP contribution >= 0.6 is 0 Å². The summed E-state index contributed by atoms with van der Waals surface area (Å²) in [6, 6.07) is 44.5. The fourth-order valence-corrected chi connectivity index (χ4v) is 9.18. The van der Waals surface area contributed by atoms with E-state index in [0.29, 0.717) is 0 Å². The first kappa shape index (κ1) is 32.4. The standard InChI is InChI=1S/C50H42N4/c1-29-21-25-43-39(27-29)35-17-7-9-19-37(35)49-51-41(47(53(43)49)45-31(3)13-11-14-32(45)4)23-24-42-48(46-33(5)15-12-16-34(46)6)54-44-26-22-30(2)28-40(44)36-18-8-10-20-38(36)50(54)52-42/h7-22,25-28H,23-24H2,1-6H3. The van der Waals surface area contributed by atoms with E-state index in [1.165, 1.54) is 99.2 Å². The second kappa shape index (κ2) is 12.1. The molecule has 0 spiro atoms. The molecule has 0 unspecified atom stereocenters. The summed E-state index contributed by atoms with van der Waals surface area (Å²) >= 11 is 0. The molecular formula is C50H42N4. The van der Waals surface area contributed by atoms with Crippen molar-refractivity contribution in [1.82, 2.24) is 18.8 Å². The van der Waals surface area contributed by atoms with Crippen LogP contribution in [0.3, 0.4) is 0 Å². The molecule has 10 aromatic rings. The Labute approximate surface area is 315 Å². The monoisotopic (exact) mass is 698 g/mol. The summed E-state index contributed by atoms with van der Waals surface area (Å²) in [7, 11) is 0. The van der Waals surface area contributed by atoms with Crippen molar-refractivity contribution in [3.05, 3.63) is 166 Å². The van der Waals surface area contributed by atoms with Crippen LogP contribution in [-0.4, -0.2) is 18.8 Å². The van der Waals surface area contributed by atoms with Crippen LogP contribution in [0.4, 0.5) is 0 Å². The number of benzene rings is 6. The number of hydrogen-bond acceptors (Lipinski definition) is 2. The highest BCUT2D eigenvalue weighted by Gasteiger charge is 2.25. The van der Waals surface area contributed by atoms with E-state index in [-0.39, 0.29) is 0 Å². The molecule has 0 bridgehead atoms. The zero-order valence-electron chi connectivity index (χ0n) is 31.8. The van der Waals surface area contributed by atoms with Gasteiger partial charge in [-0.25, -0.2) is 9.97 Å². The molecule has 4 heterocycles. The summed E-state index contributed by atoms with van der Waals surface area (Å²) in [5.41, 5.74) is 19.0. The molecule has 0 amide bonds. The summed E-state index contributed by atoms with van der Waals surface area (Å²) in [4.78, 5) is 11.2. The number of hydrogen-bond donors (Lipinski definition) is 0. The number of fused-ring (bicyclic) bond motifs is 12. The summed E-state index contributed by atoms with van der Waals surface area (Å²) in [6.45, 7) is 13.3. The Morgan fingerprint density at radius 3 is 1.15 bits per heavy atom. The number of rotatable bonds is 5. The lowest BCUT2D eigenvalue weighted by Crippen LogP contribution is -2.02. The SMILES string of the molecule is Cc1ccc2c(c1)c1ccccc1c1nc(CCc3nc4c5ccccc5c5cc(C)ccc5n4c3-c3c(C)cccc3C)c(-c3c(C)cccc3C)n21. The van der Waals surface area contributed by atoms with Crippen molar-refractivity contribution in [3.63, 3.8) is 0 Å². The first-order chi connectivity index (χ1) is 26.3. The Balaban J connectivity index is 1.28. The second-order valence-electron chi connectivity index (χ2n) is 15.3. The van der Waals surface area contributed by atoms with Crippen LogP contribution in [-0.2, 0) is 12.8 Å². The minimum Gasteiger partial charge on any atom is -0.291 e. The van der Waals surface area contributed by atoms with Crippen LogP contribution in [0, 0.1) is 41.5 Å². The predicted molar refractivity (Wildman–Crippen MR) is 227 cm³/mol. The Kier molecular flexibility index (Phi) is 7.28. The van der Waals surface area contributed by atoms with Crippen LogP contribution in [0.15, 0.2) is 121 Å². The maximum absolute atomic E-state index is 5.62. The molecule has 4 heteroatoms. The quantitative estimate of drug-likeness (QED) is 0.168. The highest BCUT2D eigenvalue weighted by atomic mass is 15.0. The lowest BCUT2D eigenvalue weighted by molar-refractivity contribution is 0.905. The number of pyridine rings is 2. The van der Waals surface area contributed by atoms with Gasteiger partial charge in [0.05, 0.1) is 33.8 Å². The van der Waals surface area contributed by atoms with Crippen LogP contribution in [0.25, 0.3) is 77.2 Å². The molecule has 54 heavy (non-hydrogen) atoms. The minimum atomic E-state index is 0.739. The normalized spacial score (nSPS) is 12.0. The molecule has 4 aromatic heterocycles. The average molecular weight is 699 g/mol. The van der Waals surface area contributed by atoms with E-state index in [1.54, 1.807) is 0 Å². The van der Waals surface area contributed by atoms with Gasteiger partial charge in [-0.1, -0.05) is 108 Å². The fraction of sp³-hybridized carbons (Fsp3) is 0.160. The first-order valence-corrected chi connectivity index (χ1v) is 19.1. The lowest BCUT2D eigenvalue weighted by Gasteiger charge is -2.16. The van der Waals surface area contributed by atoms with Crippen molar-refractivity contribution in [2.75, 3.05) is 0 Å². The smallest absolute Gasteiger partial charge is 0.145 e. The highest BCUT2D eigenvalue weighted by molar-refractivity contribution is 6.14. The van der Waals surface area contributed by atoms with Crippen LogP contribution in [0.1, 0.15) is 44.8 Å². The van der Waals surface area contributed by atoms with E-state index >= 15 is 0 Å². The topological polar surface area (TPSA) is 34.6 Å². The molecule has 0 aliphatic carbocycles. The fourth-order valence-electron chi connectivity index (χ4n) is 9.18. The number of imidazole rings is 2. The molecule has 0 N–H and O–H groups in total. The second-order valence-corrected chi connectivity index (χ2v) is 15.3. The van der Waals surface area contributed by atoms with Gasteiger partial charge < -0.3 is 0 Å². The lowest BCUT2D eigenvalue weighted by atomic mass is 9.95. The molecule has 6 aromatic carbocycles. The van der Waals surface area contributed by atoms with Crippen LogP contribution < -0.4 is 0 Å². The molecule has 0 saturated heterocycles. The van der Waals surface area contributed by atoms with E-state index in [0.717, 1.165) is 35.5 Å². The number of nitrogens with zero attached hydrogens (tertiary/aromatic N) is 4. The van der Waals surface area contributed by atoms with Gasteiger partial charge in [0.1, 0.15) is 11.3 Å². The van der Waals surface area contributed by atoms with Gasteiger partial charge in [0.15, 0.2) is 0 Å². The molecule has 0 saturated carbocycles. The van der Waals surface area contributed by atoms with Crippen molar-refractivity contribution < 1.29 is 0 Å². The molecule has 0 atom stereocenters. The Morgan fingerprint density at radius 2 is 0.759 bits per heavy atom. The van der Waals surface area contributed by atoms with Crippen molar-refractivity contribution in [1.29, 1.82) is 0 Å². The molecule has 10 rings (SSSR count). The maximum Gasteiger partial charge on any atom is 0.145 e. The third-order valence-corrected chi connectivity index (χ3v) is 11.6. The molecule has 262 valence electrons. The van der Waals surface area contributed by atoms with Gasteiger partial charge >= 0.3 is 0 Å². The molecule has 0 radical (unpaired) electrons. The average Bonchev–Trinajstić information content (AvgIpc) is 3.73. The number of aromatic nitrogens is 4. The Morgan fingerprint density at radius 1 is 0.389 bits per heavy atom. The molecule has 0 fully saturated rings. The summed E-state index contributed by atoms with van der Waals surface area (Å²) in [5.74, 6) is 0. The summed E-state index contributed by atoms with van der Waals surface area (Å²) < 4.78 is 4.89. The van der Waals surface area contributed by atoms with E-state index in [4.69, 9.17) is 9.97 Å². The third kappa shape index (κ3) is 4.76. The Bertz CT molecular complexity index is 2920. The summed E-state index contributed by atoms with van der Waals surface area (Å²) in [5, 5.41) is 7.32. The van der Waals surface area contributed by atoms with Crippen molar-refractivity contribution in [2.24, 2.45) is 0 Å². The maximum atomic E-state index is 5.62.